The van der Waals surface area contributed by atoms with Crippen LogP contribution in [0.15, 0.2) is 54.6 Å². The van der Waals surface area contributed by atoms with E-state index in [0.717, 1.165) is 23.5 Å². The number of thiophene rings is 1. The standard InChI is InChI=1S/C24H23FN2O3S.ClH/c1-2-30-24(29)21-19-12-13-27(14-16-6-4-3-5-7-16)15-20(19)31-23(21)26-22(28)17-8-10-18(25)11-9-17;/h3-11H,2,12-15H2,1H3,(H,26,28);1H. The molecule has 0 aliphatic carbocycles. The van der Waals surface area contributed by atoms with E-state index in [-0.39, 0.29) is 24.9 Å². The van der Waals surface area contributed by atoms with E-state index in [1.165, 1.54) is 41.2 Å². The molecular formula is C24H24ClFN2O3S. The third-order valence-electron chi connectivity index (χ3n) is 5.20. The molecule has 0 saturated carbocycles. The van der Waals surface area contributed by atoms with E-state index < -0.39 is 11.8 Å². The molecule has 4 rings (SSSR count). The van der Waals surface area contributed by atoms with Gasteiger partial charge in [0, 0.05) is 30.1 Å². The molecule has 5 nitrogen and oxygen atoms in total. The highest BCUT2D eigenvalue weighted by Crippen LogP contribution is 2.38. The first-order valence-corrected chi connectivity index (χ1v) is 11.0. The van der Waals surface area contributed by atoms with Gasteiger partial charge in [0.25, 0.3) is 5.91 Å². The topological polar surface area (TPSA) is 58.6 Å². The number of hydrogen-bond donors (Lipinski definition) is 1. The Hall–Kier alpha value is -2.74. The lowest BCUT2D eigenvalue weighted by Gasteiger charge is -2.27. The van der Waals surface area contributed by atoms with Gasteiger partial charge in [-0.2, -0.15) is 0 Å². The normalized spacial score (nSPS) is 13.1. The summed E-state index contributed by atoms with van der Waals surface area (Å²) in [5.74, 6) is -1.22. The van der Waals surface area contributed by atoms with Gasteiger partial charge in [0.15, 0.2) is 0 Å². The van der Waals surface area contributed by atoms with Crippen molar-refractivity contribution in [2.45, 2.75) is 26.4 Å². The molecule has 0 fully saturated rings. The van der Waals surface area contributed by atoms with Crippen molar-refractivity contribution in [2.75, 3.05) is 18.5 Å². The first-order valence-electron chi connectivity index (χ1n) is 10.2. The van der Waals surface area contributed by atoms with E-state index in [1.54, 1.807) is 6.92 Å². The largest absolute Gasteiger partial charge is 0.462 e. The summed E-state index contributed by atoms with van der Waals surface area (Å²) in [5, 5.41) is 3.33. The molecule has 2 heterocycles. The van der Waals surface area contributed by atoms with Gasteiger partial charge in [-0.25, -0.2) is 9.18 Å². The van der Waals surface area contributed by atoms with Crippen molar-refractivity contribution in [2.24, 2.45) is 0 Å². The molecule has 0 radical (unpaired) electrons. The van der Waals surface area contributed by atoms with Crippen molar-refractivity contribution in [3.63, 3.8) is 0 Å². The quantitative estimate of drug-likeness (QED) is 0.493. The molecule has 2 aromatic carbocycles. The van der Waals surface area contributed by atoms with Crippen molar-refractivity contribution in [3.8, 4) is 0 Å². The predicted molar refractivity (Wildman–Crippen MR) is 126 cm³/mol. The fraction of sp³-hybridized carbons (Fsp3) is 0.250. The van der Waals surface area contributed by atoms with Crippen LogP contribution in [0.1, 0.15) is 43.6 Å². The van der Waals surface area contributed by atoms with E-state index in [0.29, 0.717) is 29.1 Å². The third-order valence-corrected chi connectivity index (χ3v) is 6.33. The summed E-state index contributed by atoms with van der Waals surface area (Å²) in [6.07, 6.45) is 0.708. The number of anilines is 1. The fourth-order valence-corrected chi connectivity index (χ4v) is 4.99. The Kier molecular flexibility index (Phi) is 8.01. The average Bonchev–Trinajstić information content (AvgIpc) is 3.12. The van der Waals surface area contributed by atoms with Crippen LogP contribution in [0.4, 0.5) is 9.39 Å². The van der Waals surface area contributed by atoms with Gasteiger partial charge < -0.3 is 10.1 Å². The molecule has 1 aromatic heterocycles. The molecule has 168 valence electrons. The van der Waals surface area contributed by atoms with Crippen LogP contribution in [-0.2, 0) is 24.2 Å². The van der Waals surface area contributed by atoms with Gasteiger partial charge in [-0.15, -0.1) is 23.7 Å². The highest BCUT2D eigenvalue weighted by atomic mass is 35.5. The monoisotopic (exact) mass is 474 g/mol. The zero-order chi connectivity index (χ0) is 21.8. The summed E-state index contributed by atoms with van der Waals surface area (Å²) < 4.78 is 18.5. The third kappa shape index (κ3) is 5.35. The lowest BCUT2D eigenvalue weighted by Crippen LogP contribution is -2.29. The van der Waals surface area contributed by atoms with E-state index in [2.05, 4.69) is 22.3 Å². The van der Waals surface area contributed by atoms with Crippen molar-refractivity contribution in [3.05, 3.63) is 87.5 Å². The van der Waals surface area contributed by atoms with Crippen LogP contribution in [0.2, 0.25) is 0 Å². The van der Waals surface area contributed by atoms with Crippen LogP contribution < -0.4 is 5.32 Å². The number of amides is 1. The van der Waals surface area contributed by atoms with Crippen LogP contribution in [0, 0.1) is 5.82 Å². The first-order chi connectivity index (χ1) is 15.0. The number of carbonyl (C=O) groups excluding carboxylic acids is 2. The molecule has 0 saturated heterocycles. The van der Waals surface area contributed by atoms with Crippen molar-refractivity contribution in [1.82, 2.24) is 4.90 Å². The Balaban J connectivity index is 0.00000289. The number of nitrogens with zero attached hydrogens (tertiary/aromatic N) is 1. The second kappa shape index (κ2) is 10.7. The maximum atomic E-state index is 13.2. The summed E-state index contributed by atoms with van der Waals surface area (Å²) in [6, 6.07) is 15.6. The molecule has 0 atom stereocenters. The molecular weight excluding hydrogens is 451 g/mol. The minimum Gasteiger partial charge on any atom is -0.462 e. The molecule has 0 unspecified atom stereocenters. The molecule has 0 bridgehead atoms. The SMILES string of the molecule is CCOC(=O)c1c(NC(=O)c2ccc(F)cc2)sc2c1CCN(Cc1ccccc1)C2.Cl. The maximum absolute atomic E-state index is 13.2. The Bertz CT molecular complexity index is 1090. The molecule has 1 amide bonds. The number of esters is 1. The molecule has 32 heavy (non-hydrogen) atoms. The molecule has 0 spiro atoms. The Morgan fingerprint density at radius 2 is 1.84 bits per heavy atom. The second-order valence-corrected chi connectivity index (χ2v) is 8.44. The summed E-state index contributed by atoms with van der Waals surface area (Å²) >= 11 is 1.41. The van der Waals surface area contributed by atoms with Crippen molar-refractivity contribution < 1.29 is 18.7 Å². The summed E-state index contributed by atoms with van der Waals surface area (Å²) in [5.41, 5.74) is 2.95. The number of rotatable bonds is 6. The van der Waals surface area contributed by atoms with Crippen molar-refractivity contribution in [1.29, 1.82) is 0 Å². The van der Waals surface area contributed by atoms with Crippen molar-refractivity contribution >= 4 is 40.6 Å². The molecule has 1 N–H and O–H groups in total. The van der Waals surface area contributed by atoms with Crippen LogP contribution in [0.25, 0.3) is 0 Å². The lowest BCUT2D eigenvalue weighted by molar-refractivity contribution is 0.0526. The fourth-order valence-electron chi connectivity index (χ4n) is 3.72. The van der Waals surface area contributed by atoms with E-state index in [1.807, 2.05) is 18.2 Å². The number of nitrogens with one attached hydrogen (secondary N) is 1. The van der Waals surface area contributed by atoms with Gasteiger partial charge in [-0.1, -0.05) is 30.3 Å². The average molecular weight is 475 g/mol. The highest BCUT2D eigenvalue weighted by molar-refractivity contribution is 7.17. The smallest absolute Gasteiger partial charge is 0.341 e. The minimum atomic E-state index is -0.425. The summed E-state index contributed by atoms with van der Waals surface area (Å²) in [4.78, 5) is 28.8. The molecule has 3 aromatic rings. The Labute approximate surface area is 196 Å². The van der Waals surface area contributed by atoms with E-state index >= 15 is 0 Å². The zero-order valence-corrected chi connectivity index (χ0v) is 19.2. The van der Waals surface area contributed by atoms with E-state index in [9.17, 15) is 14.0 Å². The number of benzene rings is 2. The van der Waals surface area contributed by atoms with Gasteiger partial charge in [0.1, 0.15) is 10.8 Å². The first kappa shape index (κ1) is 23.9. The Morgan fingerprint density at radius 3 is 2.53 bits per heavy atom. The number of carbonyl (C=O) groups is 2. The van der Waals surface area contributed by atoms with Gasteiger partial charge in [-0.05, 0) is 48.7 Å². The Morgan fingerprint density at radius 1 is 1.12 bits per heavy atom. The second-order valence-electron chi connectivity index (χ2n) is 7.34. The predicted octanol–water partition coefficient (Wildman–Crippen LogP) is 5.30. The number of halogens is 2. The molecule has 1 aliphatic rings. The molecule has 1 aliphatic heterocycles. The summed E-state index contributed by atoms with van der Waals surface area (Å²) in [7, 11) is 0. The van der Waals surface area contributed by atoms with Crippen LogP contribution >= 0.6 is 23.7 Å². The van der Waals surface area contributed by atoms with E-state index in [4.69, 9.17) is 4.74 Å². The maximum Gasteiger partial charge on any atom is 0.341 e. The van der Waals surface area contributed by atoms with Crippen LogP contribution in [0.5, 0.6) is 0 Å². The van der Waals surface area contributed by atoms with Crippen LogP contribution in [-0.4, -0.2) is 29.9 Å². The van der Waals surface area contributed by atoms with Gasteiger partial charge in [0.2, 0.25) is 0 Å². The van der Waals surface area contributed by atoms with Gasteiger partial charge >= 0.3 is 5.97 Å². The van der Waals surface area contributed by atoms with Gasteiger partial charge in [-0.3, -0.25) is 9.69 Å². The highest BCUT2D eigenvalue weighted by Gasteiger charge is 2.29. The number of ether oxygens (including phenoxy) is 1. The van der Waals surface area contributed by atoms with Gasteiger partial charge in [0.05, 0.1) is 12.2 Å². The van der Waals surface area contributed by atoms with Crippen LogP contribution in [0.3, 0.4) is 0 Å². The molecule has 8 heteroatoms. The lowest BCUT2D eigenvalue weighted by atomic mass is 10.0. The number of fused-ring (bicyclic) bond motifs is 1. The number of hydrogen-bond acceptors (Lipinski definition) is 5. The minimum absolute atomic E-state index is 0. The summed E-state index contributed by atoms with van der Waals surface area (Å²) in [6.45, 7) is 4.36. The zero-order valence-electron chi connectivity index (χ0n) is 17.6.